The van der Waals surface area contributed by atoms with Crippen LogP contribution in [0.15, 0.2) is 30.5 Å². The number of benzene rings is 1. The van der Waals surface area contributed by atoms with E-state index < -0.39 is 48.4 Å². The SMILES string of the molecule is CCC(C)C(NC(=O)C(Cc1c[nH]c2ccccc12)NC(=O)C(N)CCSC)C(=O)NCC(=O)O. The van der Waals surface area contributed by atoms with E-state index >= 15 is 0 Å². The molecule has 2 aromatic rings. The van der Waals surface area contributed by atoms with E-state index in [2.05, 4.69) is 20.9 Å². The molecule has 4 unspecified atom stereocenters. The molecule has 2 rings (SSSR count). The maximum Gasteiger partial charge on any atom is 0.322 e. The molecule has 0 spiro atoms. The molecule has 0 fully saturated rings. The number of fused-ring (bicyclic) bond motifs is 1. The van der Waals surface area contributed by atoms with Crippen LogP contribution in [0.1, 0.15) is 32.3 Å². The number of para-hydroxylation sites is 1. The molecule has 0 saturated heterocycles. The van der Waals surface area contributed by atoms with E-state index in [0.29, 0.717) is 18.6 Å². The fourth-order valence-corrected chi connectivity index (χ4v) is 4.10. The van der Waals surface area contributed by atoms with Crippen molar-refractivity contribution in [3.63, 3.8) is 0 Å². The number of nitrogens with two attached hydrogens (primary N) is 1. The van der Waals surface area contributed by atoms with Crippen LogP contribution in [0.2, 0.25) is 0 Å². The number of hydrogen-bond donors (Lipinski definition) is 6. The van der Waals surface area contributed by atoms with Crippen molar-refractivity contribution in [2.75, 3.05) is 18.6 Å². The van der Waals surface area contributed by atoms with E-state index in [-0.39, 0.29) is 12.3 Å². The Kier molecular flexibility index (Phi) is 11.1. The van der Waals surface area contributed by atoms with Gasteiger partial charge in [0.25, 0.3) is 0 Å². The van der Waals surface area contributed by atoms with Crippen molar-refractivity contribution in [2.24, 2.45) is 11.7 Å². The predicted molar refractivity (Wildman–Crippen MR) is 137 cm³/mol. The normalized spacial score (nSPS) is 14.5. The summed E-state index contributed by atoms with van der Waals surface area (Å²) in [7, 11) is 0. The van der Waals surface area contributed by atoms with Gasteiger partial charge in [-0.1, -0.05) is 38.5 Å². The van der Waals surface area contributed by atoms with Crippen molar-refractivity contribution in [2.45, 2.75) is 51.2 Å². The summed E-state index contributed by atoms with van der Waals surface area (Å²) in [6, 6.07) is 4.90. The first kappa shape index (κ1) is 28.2. The molecule has 35 heavy (non-hydrogen) atoms. The number of carboxylic acids is 1. The number of amides is 3. The van der Waals surface area contributed by atoms with Gasteiger partial charge in [0, 0.05) is 23.5 Å². The van der Waals surface area contributed by atoms with Crippen LogP contribution in [0, 0.1) is 5.92 Å². The molecule has 0 aliphatic heterocycles. The van der Waals surface area contributed by atoms with Gasteiger partial charge < -0.3 is 31.8 Å². The molecule has 0 aliphatic carbocycles. The van der Waals surface area contributed by atoms with Gasteiger partial charge in [-0.15, -0.1) is 0 Å². The average molecular weight is 506 g/mol. The number of aromatic nitrogens is 1. The van der Waals surface area contributed by atoms with E-state index in [1.165, 1.54) is 0 Å². The van der Waals surface area contributed by atoms with Gasteiger partial charge in [0.05, 0.1) is 6.04 Å². The van der Waals surface area contributed by atoms with Crippen LogP contribution < -0.4 is 21.7 Å². The lowest BCUT2D eigenvalue weighted by Gasteiger charge is -2.27. The summed E-state index contributed by atoms with van der Waals surface area (Å²) in [5.41, 5.74) is 7.75. The first-order valence-corrected chi connectivity index (χ1v) is 13.0. The molecule has 0 bridgehead atoms. The molecular formula is C24H35N5O5S. The van der Waals surface area contributed by atoms with Crippen molar-refractivity contribution < 1.29 is 24.3 Å². The molecule has 11 heteroatoms. The first-order valence-electron chi connectivity index (χ1n) is 11.6. The highest BCUT2D eigenvalue weighted by atomic mass is 32.2. The Morgan fingerprint density at radius 2 is 1.83 bits per heavy atom. The molecule has 1 aromatic heterocycles. The zero-order chi connectivity index (χ0) is 26.0. The smallest absolute Gasteiger partial charge is 0.322 e. The number of aliphatic carboxylic acids is 1. The van der Waals surface area contributed by atoms with Gasteiger partial charge in [-0.05, 0) is 36.0 Å². The molecule has 7 N–H and O–H groups in total. The van der Waals surface area contributed by atoms with Crippen LogP contribution >= 0.6 is 11.8 Å². The fraction of sp³-hybridized carbons (Fsp3) is 0.500. The highest BCUT2D eigenvalue weighted by Crippen LogP contribution is 2.19. The first-order chi connectivity index (χ1) is 16.7. The number of aromatic amines is 1. The number of carbonyl (C=O) groups is 4. The molecule has 10 nitrogen and oxygen atoms in total. The topological polar surface area (TPSA) is 166 Å². The second-order valence-electron chi connectivity index (χ2n) is 8.50. The molecule has 1 heterocycles. The highest BCUT2D eigenvalue weighted by Gasteiger charge is 2.31. The van der Waals surface area contributed by atoms with Crippen LogP contribution in [0.4, 0.5) is 0 Å². The lowest BCUT2D eigenvalue weighted by molar-refractivity contribution is -0.139. The number of nitrogens with one attached hydrogen (secondary N) is 4. The molecule has 192 valence electrons. The standard InChI is InChI=1S/C24H35N5O5S/c1-4-14(2)21(24(34)27-13-20(30)31)29-23(33)19(28-22(32)17(25)9-10-35-3)11-15-12-26-18-8-6-5-7-16(15)18/h5-8,12,14,17,19,21,26H,4,9-11,13,25H2,1-3H3,(H,27,34)(H,28,32)(H,29,33)(H,30,31). The van der Waals surface area contributed by atoms with Gasteiger partial charge in [-0.2, -0.15) is 11.8 Å². The monoisotopic (exact) mass is 505 g/mol. The van der Waals surface area contributed by atoms with Crippen molar-refractivity contribution in [3.8, 4) is 0 Å². The molecule has 3 amide bonds. The molecule has 1 aromatic carbocycles. The van der Waals surface area contributed by atoms with Gasteiger partial charge in [0.2, 0.25) is 17.7 Å². The minimum Gasteiger partial charge on any atom is -0.480 e. The van der Waals surface area contributed by atoms with Crippen molar-refractivity contribution >= 4 is 46.4 Å². The number of H-pyrrole nitrogens is 1. The zero-order valence-electron chi connectivity index (χ0n) is 20.3. The van der Waals surface area contributed by atoms with E-state index in [1.54, 1.807) is 24.9 Å². The number of carbonyl (C=O) groups excluding carboxylic acids is 3. The van der Waals surface area contributed by atoms with Crippen LogP contribution in [0.5, 0.6) is 0 Å². The third-order valence-corrected chi connectivity index (χ3v) is 6.55. The van der Waals surface area contributed by atoms with E-state index in [0.717, 1.165) is 16.5 Å². The Bertz CT molecular complexity index is 1030. The quantitative estimate of drug-likeness (QED) is 0.223. The van der Waals surface area contributed by atoms with E-state index in [9.17, 15) is 19.2 Å². The van der Waals surface area contributed by atoms with Crippen molar-refractivity contribution in [3.05, 3.63) is 36.0 Å². The molecule has 0 saturated carbocycles. The number of rotatable bonds is 14. The summed E-state index contributed by atoms with van der Waals surface area (Å²) in [4.78, 5) is 52.8. The molecule has 0 radical (unpaired) electrons. The Morgan fingerprint density at radius 3 is 2.49 bits per heavy atom. The lowest BCUT2D eigenvalue weighted by Crippen LogP contribution is -2.58. The third kappa shape index (κ3) is 8.29. The second-order valence-corrected chi connectivity index (χ2v) is 9.48. The summed E-state index contributed by atoms with van der Waals surface area (Å²) in [5, 5.41) is 17.6. The van der Waals surface area contributed by atoms with E-state index in [4.69, 9.17) is 10.8 Å². The summed E-state index contributed by atoms with van der Waals surface area (Å²) in [6.07, 6.45) is 4.92. The van der Waals surface area contributed by atoms with Crippen molar-refractivity contribution in [1.82, 2.24) is 20.9 Å². The predicted octanol–water partition coefficient (Wildman–Crippen LogP) is 1.01. The minimum atomic E-state index is -1.18. The van der Waals surface area contributed by atoms with Crippen molar-refractivity contribution in [1.29, 1.82) is 0 Å². The molecule has 4 atom stereocenters. The highest BCUT2D eigenvalue weighted by molar-refractivity contribution is 7.98. The number of thioether (sulfide) groups is 1. The Labute approximate surface area is 209 Å². The van der Waals surface area contributed by atoms with Gasteiger partial charge in [-0.25, -0.2) is 0 Å². The second kappa shape index (κ2) is 13.7. The van der Waals surface area contributed by atoms with Crippen LogP contribution in [-0.2, 0) is 25.6 Å². The van der Waals surface area contributed by atoms with Crippen LogP contribution in [0.25, 0.3) is 10.9 Å². The van der Waals surface area contributed by atoms with Crippen LogP contribution in [-0.4, -0.2) is 70.5 Å². The fourth-order valence-electron chi connectivity index (χ4n) is 3.61. The van der Waals surface area contributed by atoms with Gasteiger partial charge in [0.1, 0.15) is 18.6 Å². The molecule has 0 aliphatic rings. The van der Waals surface area contributed by atoms with Gasteiger partial charge >= 0.3 is 5.97 Å². The largest absolute Gasteiger partial charge is 0.480 e. The summed E-state index contributed by atoms with van der Waals surface area (Å²) in [6.45, 7) is 3.10. The maximum absolute atomic E-state index is 13.4. The van der Waals surface area contributed by atoms with Gasteiger partial charge in [0.15, 0.2) is 0 Å². The van der Waals surface area contributed by atoms with E-state index in [1.807, 2.05) is 37.4 Å². The molecular weight excluding hydrogens is 470 g/mol. The average Bonchev–Trinajstić information content (AvgIpc) is 3.25. The lowest BCUT2D eigenvalue weighted by atomic mass is 9.97. The Morgan fingerprint density at radius 1 is 1.11 bits per heavy atom. The summed E-state index contributed by atoms with van der Waals surface area (Å²) >= 11 is 1.57. The summed E-state index contributed by atoms with van der Waals surface area (Å²) in [5.74, 6) is -2.33. The Balaban J connectivity index is 2.26. The Hall–Kier alpha value is -3.05. The maximum atomic E-state index is 13.4. The third-order valence-electron chi connectivity index (χ3n) is 5.91. The minimum absolute atomic E-state index is 0.181. The summed E-state index contributed by atoms with van der Waals surface area (Å²) < 4.78 is 0. The van der Waals surface area contributed by atoms with Crippen LogP contribution in [0.3, 0.4) is 0 Å². The number of hydrogen-bond acceptors (Lipinski definition) is 6. The zero-order valence-corrected chi connectivity index (χ0v) is 21.1. The van der Waals surface area contributed by atoms with Gasteiger partial charge in [-0.3, -0.25) is 19.2 Å². The number of carboxylic acid groups (broad SMARTS) is 1.